The predicted molar refractivity (Wildman–Crippen MR) is 92.7 cm³/mol. The van der Waals surface area contributed by atoms with Crippen LogP contribution in [-0.2, 0) is 14.8 Å². The van der Waals surface area contributed by atoms with Gasteiger partial charge in [0.1, 0.15) is 0 Å². The third kappa shape index (κ3) is 4.76. The Bertz CT molecular complexity index is 664. The first-order chi connectivity index (χ1) is 10.8. The van der Waals surface area contributed by atoms with E-state index >= 15 is 0 Å². The highest BCUT2D eigenvalue weighted by molar-refractivity contribution is 9.10. The number of benzene rings is 1. The molecule has 8 heteroatoms. The van der Waals surface area contributed by atoms with Crippen LogP contribution in [0.25, 0.3) is 0 Å². The summed E-state index contributed by atoms with van der Waals surface area (Å²) in [6.45, 7) is 2.49. The van der Waals surface area contributed by atoms with Crippen molar-refractivity contribution in [3.8, 4) is 0 Å². The van der Waals surface area contributed by atoms with Crippen LogP contribution in [0.15, 0.2) is 33.6 Å². The molecule has 1 aromatic carbocycles. The number of amides is 1. The van der Waals surface area contributed by atoms with Gasteiger partial charge in [0, 0.05) is 38.2 Å². The minimum absolute atomic E-state index is 0.0355. The molecule has 6 nitrogen and oxygen atoms in total. The minimum atomic E-state index is -3.49. The number of carbonyl (C=O) groups is 1. The van der Waals surface area contributed by atoms with Crippen molar-refractivity contribution in [2.45, 2.75) is 11.3 Å². The van der Waals surface area contributed by atoms with Gasteiger partial charge in [-0.05, 0) is 31.2 Å². The van der Waals surface area contributed by atoms with Gasteiger partial charge in [0.15, 0.2) is 0 Å². The summed E-state index contributed by atoms with van der Waals surface area (Å²) in [5.74, 6) is 0.0355. The molecular formula is C15H22BrN3O3S. The van der Waals surface area contributed by atoms with Crippen LogP contribution in [0.5, 0.6) is 0 Å². The van der Waals surface area contributed by atoms with E-state index in [9.17, 15) is 13.2 Å². The third-order valence-corrected chi connectivity index (χ3v) is 6.23. The lowest BCUT2D eigenvalue weighted by molar-refractivity contribution is -0.129. The third-order valence-electron chi connectivity index (χ3n) is 3.84. The van der Waals surface area contributed by atoms with Gasteiger partial charge >= 0.3 is 0 Å². The van der Waals surface area contributed by atoms with E-state index in [2.05, 4.69) is 15.9 Å². The van der Waals surface area contributed by atoms with E-state index in [0.717, 1.165) is 11.0 Å². The lowest BCUT2D eigenvalue weighted by Crippen LogP contribution is -2.39. The zero-order valence-electron chi connectivity index (χ0n) is 13.4. The SMILES string of the molecule is CN(C)C(=O)CN1CCCN(S(=O)(=O)c2cccc(Br)c2)CC1. The van der Waals surface area contributed by atoms with E-state index in [1.54, 1.807) is 43.3 Å². The average Bonchev–Trinajstić information content (AvgIpc) is 2.73. The molecule has 128 valence electrons. The second kappa shape index (κ2) is 7.74. The number of sulfonamides is 1. The van der Waals surface area contributed by atoms with Crippen LogP contribution < -0.4 is 0 Å². The Kier molecular flexibility index (Phi) is 6.19. The molecule has 0 saturated carbocycles. The van der Waals surface area contributed by atoms with E-state index < -0.39 is 10.0 Å². The lowest BCUT2D eigenvalue weighted by Gasteiger charge is -2.22. The predicted octanol–water partition coefficient (Wildman–Crippen LogP) is 1.23. The van der Waals surface area contributed by atoms with Crippen LogP contribution in [0.3, 0.4) is 0 Å². The maximum Gasteiger partial charge on any atom is 0.243 e. The zero-order chi connectivity index (χ0) is 17.0. The number of likely N-dealkylation sites (N-methyl/N-ethyl adjacent to an activating group) is 1. The Morgan fingerprint density at radius 3 is 2.61 bits per heavy atom. The van der Waals surface area contributed by atoms with Gasteiger partial charge in [-0.3, -0.25) is 9.69 Å². The van der Waals surface area contributed by atoms with Crippen molar-refractivity contribution in [1.29, 1.82) is 0 Å². The van der Waals surface area contributed by atoms with Crippen LogP contribution in [0.4, 0.5) is 0 Å². The van der Waals surface area contributed by atoms with Gasteiger partial charge in [-0.2, -0.15) is 4.31 Å². The second-order valence-corrected chi connectivity index (χ2v) is 8.63. The van der Waals surface area contributed by atoms with Crippen molar-refractivity contribution in [3.05, 3.63) is 28.7 Å². The fourth-order valence-electron chi connectivity index (χ4n) is 2.45. The standard InChI is InChI=1S/C15H22BrN3O3S/c1-17(2)15(20)12-18-7-4-8-19(10-9-18)23(21,22)14-6-3-5-13(16)11-14/h3,5-6,11H,4,7-10,12H2,1-2H3. The molecule has 1 amide bonds. The molecule has 0 aliphatic carbocycles. The summed E-state index contributed by atoms with van der Waals surface area (Å²) in [6.07, 6.45) is 0.716. The number of nitrogens with zero attached hydrogens (tertiary/aromatic N) is 3. The summed E-state index contributed by atoms with van der Waals surface area (Å²) in [6, 6.07) is 6.75. The number of carbonyl (C=O) groups excluding carboxylic acids is 1. The average molecular weight is 404 g/mol. The minimum Gasteiger partial charge on any atom is -0.348 e. The Balaban J connectivity index is 2.06. The largest absolute Gasteiger partial charge is 0.348 e. The summed E-state index contributed by atoms with van der Waals surface area (Å²) < 4.78 is 27.7. The molecule has 0 aromatic heterocycles. The van der Waals surface area contributed by atoms with Crippen LogP contribution in [-0.4, -0.2) is 75.2 Å². The summed E-state index contributed by atoms with van der Waals surface area (Å²) in [7, 11) is -0.0420. The molecule has 23 heavy (non-hydrogen) atoms. The van der Waals surface area contributed by atoms with Gasteiger partial charge in [0.05, 0.1) is 11.4 Å². The molecule has 2 rings (SSSR count). The van der Waals surface area contributed by atoms with E-state index in [4.69, 9.17) is 0 Å². The fourth-order valence-corrected chi connectivity index (χ4v) is 4.52. The van der Waals surface area contributed by atoms with E-state index in [1.807, 2.05) is 4.90 Å². The van der Waals surface area contributed by atoms with Gasteiger partial charge < -0.3 is 4.90 Å². The monoisotopic (exact) mass is 403 g/mol. The summed E-state index contributed by atoms with van der Waals surface area (Å²) in [4.78, 5) is 15.7. The highest BCUT2D eigenvalue weighted by Crippen LogP contribution is 2.21. The first kappa shape index (κ1) is 18.4. The molecule has 0 bridgehead atoms. The zero-order valence-corrected chi connectivity index (χ0v) is 15.8. The summed E-state index contributed by atoms with van der Waals surface area (Å²) in [5.41, 5.74) is 0. The maximum atomic E-state index is 12.7. The number of hydrogen-bond donors (Lipinski definition) is 0. The lowest BCUT2D eigenvalue weighted by atomic mass is 10.4. The Morgan fingerprint density at radius 1 is 1.22 bits per heavy atom. The molecule has 0 spiro atoms. The topological polar surface area (TPSA) is 60.9 Å². The van der Waals surface area contributed by atoms with Crippen molar-refractivity contribution < 1.29 is 13.2 Å². The van der Waals surface area contributed by atoms with Crippen LogP contribution >= 0.6 is 15.9 Å². The van der Waals surface area contributed by atoms with Crippen LogP contribution in [0.2, 0.25) is 0 Å². The molecule has 1 fully saturated rings. The molecule has 1 heterocycles. The molecule has 1 aromatic rings. The van der Waals surface area contributed by atoms with Gasteiger partial charge in [-0.25, -0.2) is 8.42 Å². The van der Waals surface area contributed by atoms with Gasteiger partial charge in [-0.1, -0.05) is 22.0 Å². The van der Waals surface area contributed by atoms with Crippen molar-refractivity contribution >= 4 is 31.9 Å². The van der Waals surface area contributed by atoms with E-state index in [-0.39, 0.29) is 5.91 Å². The maximum absolute atomic E-state index is 12.7. The summed E-state index contributed by atoms with van der Waals surface area (Å²) in [5, 5.41) is 0. The highest BCUT2D eigenvalue weighted by Gasteiger charge is 2.27. The molecule has 1 aliphatic rings. The van der Waals surface area contributed by atoms with Crippen LogP contribution in [0.1, 0.15) is 6.42 Å². The fraction of sp³-hybridized carbons (Fsp3) is 0.533. The highest BCUT2D eigenvalue weighted by atomic mass is 79.9. The summed E-state index contributed by atoms with van der Waals surface area (Å²) >= 11 is 3.31. The normalized spacial score (nSPS) is 17.7. The van der Waals surface area contributed by atoms with E-state index in [0.29, 0.717) is 37.5 Å². The molecular weight excluding hydrogens is 382 g/mol. The molecule has 0 unspecified atom stereocenters. The van der Waals surface area contributed by atoms with Gasteiger partial charge in [-0.15, -0.1) is 0 Å². The molecule has 0 N–H and O–H groups in total. The smallest absolute Gasteiger partial charge is 0.243 e. The van der Waals surface area contributed by atoms with E-state index in [1.165, 1.54) is 4.31 Å². The molecule has 1 aliphatic heterocycles. The number of rotatable bonds is 4. The first-order valence-electron chi connectivity index (χ1n) is 7.49. The van der Waals surface area contributed by atoms with Crippen molar-refractivity contribution in [2.75, 3.05) is 46.8 Å². The quantitative estimate of drug-likeness (QED) is 0.758. The number of hydrogen-bond acceptors (Lipinski definition) is 4. The van der Waals surface area contributed by atoms with Crippen molar-refractivity contribution in [2.24, 2.45) is 0 Å². The Hall–Kier alpha value is -0.960. The van der Waals surface area contributed by atoms with Crippen LogP contribution in [0, 0.1) is 0 Å². The van der Waals surface area contributed by atoms with Gasteiger partial charge in [0.2, 0.25) is 15.9 Å². The second-order valence-electron chi connectivity index (χ2n) is 5.78. The number of halogens is 1. The molecule has 1 saturated heterocycles. The Labute approximate surface area is 146 Å². The molecule has 0 atom stereocenters. The van der Waals surface area contributed by atoms with Gasteiger partial charge in [0.25, 0.3) is 0 Å². The Morgan fingerprint density at radius 2 is 1.96 bits per heavy atom. The molecule has 0 radical (unpaired) electrons. The van der Waals surface area contributed by atoms with Crippen molar-refractivity contribution in [1.82, 2.24) is 14.1 Å². The first-order valence-corrected chi connectivity index (χ1v) is 9.72. The van der Waals surface area contributed by atoms with Crippen molar-refractivity contribution in [3.63, 3.8) is 0 Å².